The molecular weight excluding hydrogens is 316 g/mol. The minimum Gasteiger partial charge on any atom is -0.370 e. The quantitative estimate of drug-likeness (QED) is 0.862. The van der Waals surface area contributed by atoms with Crippen LogP contribution in [0, 0.1) is 6.92 Å². The second-order valence-electron chi connectivity index (χ2n) is 4.64. The van der Waals surface area contributed by atoms with E-state index in [1.54, 1.807) is 6.33 Å². The summed E-state index contributed by atoms with van der Waals surface area (Å²) in [7, 11) is 0. The van der Waals surface area contributed by atoms with Gasteiger partial charge in [-0.05, 0) is 38.5 Å². The Labute approximate surface area is 128 Å². The Kier molecular flexibility index (Phi) is 4.95. The van der Waals surface area contributed by atoms with Crippen LogP contribution >= 0.6 is 15.9 Å². The maximum atomic E-state index is 4.33. The molecule has 5 heteroatoms. The van der Waals surface area contributed by atoms with E-state index in [1.807, 2.05) is 19.1 Å². The second-order valence-corrected chi connectivity index (χ2v) is 5.56. The van der Waals surface area contributed by atoms with Gasteiger partial charge in [-0.1, -0.05) is 28.1 Å². The summed E-state index contributed by atoms with van der Waals surface area (Å²) in [6.07, 6.45) is 1.58. The maximum absolute atomic E-state index is 4.33. The third kappa shape index (κ3) is 3.48. The Balaban J connectivity index is 2.17. The molecule has 20 heavy (non-hydrogen) atoms. The smallest absolute Gasteiger partial charge is 0.134 e. The van der Waals surface area contributed by atoms with E-state index in [0.717, 1.165) is 28.2 Å². The second kappa shape index (κ2) is 6.70. The zero-order valence-corrected chi connectivity index (χ0v) is 13.5. The van der Waals surface area contributed by atoms with Gasteiger partial charge in [-0.3, -0.25) is 0 Å². The SMILES string of the molecule is CCNc1ncnc(NC(C)c2ccc(Br)cc2)c1C. The molecule has 0 fully saturated rings. The molecule has 0 bridgehead atoms. The lowest BCUT2D eigenvalue weighted by Gasteiger charge is -2.17. The van der Waals surface area contributed by atoms with Gasteiger partial charge >= 0.3 is 0 Å². The van der Waals surface area contributed by atoms with Crippen molar-refractivity contribution >= 4 is 27.6 Å². The van der Waals surface area contributed by atoms with Crippen LogP contribution in [0.15, 0.2) is 35.1 Å². The Morgan fingerprint density at radius 3 is 2.45 bits per heavy atom. The molecule has 1 atom stereocenters. The first kappa shape index (κ1) is 14.8. The number of anilines is 2. The van der Waals surface area contributed by atoms with Crippen LogP contribution in [-0.2, 0) is 0 Å². The lowest BCUT2D eigenvalue weighted by Crippen LogP contribution is -2.11. The largest absolute Gasteiger partial charge is 0.370 e. The standard InChI is InChI=1S/C15H19BrN4/c1-4-17-14-10(2)15(19-9-18-14)20-11(3)12-5-7-13(16)8-6-12/h5-9,11H,4H2,1-3H3,(H2,17,18,19,20). The summed E-state index contributed by atoms with van der Waals surface area (Å²) in [4.78, 5) is 8.58. The lowest BCUT2D eigenvalue weighted by molar-refractivity contribution is 0.867. The van der Waals surface area contributed by atoms with Gasteiger partial charge in [0, 0.05) is 22.6 Å². The number of rotatable bonds is 5. The van der Waals surface area contributed by atoms with Crippen LogP contribution in [0.3, 0.4) is 0 Å². The van der Waals surface area contributed by atoms with Crippen molar-refractivity contribution in [2.75, 3.05) is 17.2 Å². The molecule has 2 aromatic rings. The minimum atomic E-state index is 0.186. The third-order valence-electron chi connectivity index (χ3n) is 3.15. The zero-order valence-electron chi connectivity index (χ0n) is 11.9. The molecule has 106 valence electrons. The van der Waals surface area contributed by atoms with Crippen LogP contribution in [0.4, 0.5) is 11.6 Å². The van der Waals surface area contributed by atoms with Crippen molar-refractivity contribution in [2.24, 2.45) is 0 Å². The third-order valence-corrected chi connectivity index (χ3v) is 3.68. The van der Waals surface area contributed by atoms with Gasteiger partial charge in [0.05, 0.1) is 0 Å². The number of benzene rings is 1. The summed E-state index contributed by atoms with van der Waals surface area (Å²) in [5.74, 6) is 1.75. The summed E-state index contributed by atoms with van der Waals surface area (Å²) in [6, 6.07) is 8.48. The fraction of sp³-hybridized carbons (Fsp3) is 0.333. The highest BCUT2D eigenvalue weighted by Crippen LogP contribution is 2.24. The van der Waals surface area contributed by atoms with Gasteiger partial charge in [0.1, 0.15) is 18.0 Å². The molecule has 1 aromatic carbocycles. The number of nitrogens with one attached hydrogen (secondary N) is 2. The van der Waals surface area contributed by atoms with Crippen LogP contribution in [0.1, 0.15) is 31.0 Å². The van der Waals surface area contributed by atoms with E-state index in [0.29, 0.717) is 0 Å². The van der Waals surface area contributed by atoms with Gasteiger partial charge in [-0.25, -0.2) is 9.97 Å². The molecule has 0 saturated carbocycles. The molecule has 0 aliphatic heterocycles. The average molecular weight is 335 g/mol. The minimum absolute atomic E-state index is 0.186. The fourth-order valence-electron chi connectivity index (χ4n) is 1.98. The van der Waals surface area contributed by atoms with E-state index in [9.17, 15) is 0 Å². The Morgan fingerprint density at radius 1 is 1.15 bits per heavy atom. The summed E-state index contributed by atoms with van der Waals surface area (Å²) >= 11 is 3.45. The van der Waals surface area contributed by atoms with Crippen LogP contribution < -0.4 is 10.6 Å². The highest BCUT2D eigenvalue weighted by atomic mass is 79.9. The van der Waals surface area contributed by atoms with Crippen LogP contribution in [0.5, 0.6) is 0 Å². The molecule has 0 aliphatic rings. The number of hydrogen-bond donors (Lipinski definition) is 2. The van der Waals surface area contributed by atoms with Crippen molar-refractivity contribution in [1.29, 1.82) is 0 Å². The number of nitrogens with zero attached hydrogens (tertiary/aromatic N) is 2. The molecule has 0 aliphatic carbocycles. The molecule has 0 radical (unpaired) electrons. The molecule has 2 rings (SSSR count). The Morgan fingerprint density at radius 2 is 1.80 bits per heavy atom. The van der Waals surface area contributed by atoms with E-state index in [2.05, 4.69) is 62.5 Å². The Hall–Kier alpha value is -1.62. The molecule has 2 N–H and O–H groups in total. The predicted octanol–water partition coefficient (Wildman–Crippen LogP) is 4.15. The van der Waals surface area contributed by atoms with E-state index < -0.39 is 0 Å². The number of aromatic nitrogens is 2. The first-order chi connectivity index (χ1) is 9.61. The zero-order chi connectivity index (χ0) is 14.5. The van der Waals surface area contributed by atoms with Crippen molar-refractivity contribution in [3.63, 3.8) is 0 Å². The normalized spacial score (nSPS) is 12.0. The molecule has 0 saturated heterocycles. The fourth-order valence-corrected chi connectivity index (χ4v) is 2.25. The predicted molar refractivity (Wildman–Crippen MR) is 87.1 cm³/mol. The first-order valence-electron chi connectivity index (χ1n) is 6.69. The molecule has 0 amide bonds. The molecule has 4 nitrogen and oxygen atoms in total. The van der Waals surface area contributed by atoms with Gasteiger partial charge in [0.15, 0.2) is 0 Å². The highest BCUT2D eigenvalue weighted by molar-refractivity contribution is 9.10. The molecule has 1 aromatic heterocycles. The van der Waals surface area contributed by atoms with Crippen molar-refractivity contribution in [1.82, 2.24) is 9.97 Å². The number of hydrogen-bond acceptors (Lipinski definition) is 4. The Bertz CT molecular complexity index is 569. The number of halogens is 1. The molecular formula is C15H19BrN4. The topological polar surface area (TPSA) is 49.8 Å². The summed E-state index contributed by atoms with van der Waals surface area (Å²) < 4.78 is 1.08. The van der Waals surface area contributed by atoms with Gasteiger partial charge < -0.3 is 10.6 Å². The molecule has 1 unspecified atom stereocenters. The van der Waals surface area contributed by atoms with E-state index in [1.165, 1.54) is 5.56 Å². The van der Waals surface area contributed by atoms with Crippen molar-refractivity contribution in [3.05, 3.63) is 46.2 Å². The van der Waals surface area contributed by atoms with Crippen molar-refractivity contribution in [2.45, 2.75) is 26.8 Å². The average Bonchev–Trinajstić information content (AvgIpc) is 2.44. The summed E-state index contributed by atoms with van der Waals surface area (Å²) in [6.45, 7) is 7.05. The summed E-state index contributed by atoms with van der Waals surface area (Å²) in [5.41, 5.74) is 2.26. The van der Waals surface area contributed by atoms with Crippen molar-refractivity contribution in [3.8, 4) is 0 Å². The van der Waals surface area contributed by atoms with E-state index >= 15 is 0 Å². The molecule has 0 spiro atoms. The van der Waals surface area contributed by atoms with Gasteiger partial charge in [-0.2, -0.15) is 0 Å². The van der Waals surface area contributed by atoms with Gasteiger partial charge in [0.25, 0.3) is 0 Å². The van der Waals surface area contributed by atoms with Crippen LogP contribution in [0.2, 0.25) is 0 Å². The maximum Gasteiger partial charge on any atom is 0.134 e. The highest BCUT2D eigenvalue weighted by Gasteiger charge is 2.10. The van der Waals surface area contributed by atoms with Crippen molar-refractivity contribution < 1.29 is 0 Å². The van der Waals surface area contributed by atoms with E-state index in [-0.39, 0.29) is 6.04 Å². The van der Waals surface area contributed by atoms with Gasteiger partial charge in [0.2, 0.25) is 0 Å². The van der Waals surface area contributed by atoms with Gasteiger partial charge in [-0.15, -0.1) is 0 Å². The van der Waals surface area contributed by atoms with E-state index in [4.69, 9.17) is 0 Å². The van der Waals surface area contributed by atoms with Crippen LogP contribution in [-0.4, -0.2) is 16.5 Å². The lowest BCUT2D eigenvalue weighted by atomic mass is 10.1. The molecule has 1 heterocycles. The monoisotopic (exact) mass is 334 g/mol. The summed E-state index contributed by atoms with van der Waals surface area (Å²) in [5, 5.41) is 6.68. The first-order valence-corrected chi connectivity index (χ1v) is 7.48. The van der Waals surface area contributed by atoms with Crippen LogP contribution in [0.25, 0.3) is 0 Å².